The van der Waals surface area contributed by atoms with Crippen LogP contribution in [-0.2, 0) is 11.3 Å². The van der Waals surface area contributed by atoms with E-state index in [0.29, 0.717) is 25.5 Å². The Bertz CT molecular complexity index is 1010. The Morgan fingerprint density at radius 2 is 2.07 bits per heavy atom. The topological polar surface area (TPSA) is 67.4 Å². The van der Waals surface area contributed by atoms with Crippen LogP contribution in [-0.4, -0.2) is 42.2 Å². The van der Waals surface area contributed by atoms with E-state index < -0.39 is 0 Å². The molecule has 0 saturated carbocycles. The van der Waals surface area contributed by atoms with Crippen LogP contribution in [0.2, 0.25) is 0 Å². The zero-order chi connectivity index (χ0) is 20.2. The molecule has 1 amide bonds. The van der Waals surface area contributed by atoms with Gasteiger partial charge in [-0.15, -0.1) is 11.3 Å². The number of amides is 1. The summed E-state index contributed by atoms with van der Waals surface area (Å²) in [6.07, 6.45) is 1.78. The molecule has 0 radical (unpaired) electrons. The lowest BCUT2D eigenvalue weighted by Crippen LogP contribution is -2.37. The number of pyridine rings is 1. The van der Waals surface area contributed by atoms with Crippen LogP contribution in [0.5, 0.6) is 0 Å². The highest BCUT2D eigenvalue weighted by molar-refractivity contribution is 7.13. The van der Waals surface area contributed by atoms with E-state index in [1.807, 2.05) is 17.5 Å². The minimum atomic E-state index is -0.172. The summed E-state index contributed by atoms with van der Waals surface area (Å²) in [5, 5.41) is 5.67. The Morgan fingerprint density at radius 3 is 2.86 bits per heavy atom. The van der Waals surface area contributed by atoms with E-state index >= 15 is 0 Å². The maximum atomic E-state index is 12.7. The number of ether oxygens (including phenoxy) is 1. The molecular formula is C22H24N4O2S. The Balaban J connectivity index is 1.45. The van der Waals surface area contributed by atoms with Gasteiger partial charge >= 0.3 is 0 Å². The first-order valence-electron chi connectivity index (χ1n) is 9.70. The highest BCUT2D eigenvalue weighted by Crippen LogP contribution is 2.27. The van der Waals surface area contributed by atoms with E-state index in [1.54, 1.807) is 6.20 Å². The molecule has 1 fully saturated rings. The second kappa shape index (κ2) is 8.71. The molecule has 7 heteroatoms. The molecule has 6 nitrogen and oxygen atoms in total. The molecule has 1 aromatic carbocycles. The lowest BCUT2D eigenvalue weighted by molar-refractivity contribution is 0.0946. The lowest BCUT2D eigenvalue weighted by Gasteiger charge is -2.29. The molecule has 0 unspecified atom stereocenters. The van der Waals surface area contributed by atoms with Gasteiger partial charge in [-0.1, -0.05) is 29.8 Å². The predicted molar refractivity (Wildman–Crippen MR) is 115 cm³/mol. The number of anilines is 1. The second-order valence-electron chi connectivity index (χ2n) is 7.12. The Hall–Kier alpha value is -2.77. The normalized spacial score (nSPS) is 14.1. The molecule has 1 aliphatic heterocycles. The number of carbonyl (C=O) groups excluding carboxylic acids is 1. The van der Waals surface area contributed by atoms with Crippen molar-refractivity contribution in [1.29, 1.82) is 0 Å². The maximum Gasteiger partial charge on any atom is 0.271 e. The van der Waals surface area contributed by atoms with Crippen molar-refractivity contribution in [1.82, 2.24) is 15.3 Å². The summed E-state index contributed by atoms with van der Waals surface area (Å²) in [4.78, 5) is 23.9. The van der Waals surface area contributed by atoms with Crippen LogP contribution in [0.1, 0.15) is 27.2 Å². The van der Waals surface area contributed by atoms with Crippen molar-refractivity contribution in [2.75, 3.05) is 31.2 Å². The molecule has 3 heterocycles. The largest absolute Gasteiger partial charge is 0.378 e. The summed E-state index contributed by atoms with van der Waals surface area (Å²) < 4.78 is 5.42. The summed E-state index contributed by atoms with van der Waals surface area (Å²) >= 11 is 1.49. The molecule has 0 aliphatic carbocycles. The van der Waals surface area contributed by atoms with Crippen molar-refractivity contribution in [3.8, 4) is 10.6 Å². The quantitative estimate of drug-likeness (QED) is 0.699. The first kappa shape index (κ1) is 19.5. The number of nitrogens with zero attached hydrogens (tertiary/aromatic N) is 3. The van der Waals surface area contributed by atoms with Crippen molar-refractivity contribution in [2.45, 2.75) is 20.4 Å². The number of aryl methyl sites for hydroxylation is 2. The number of nitrogens with one attached hydrogen (secondary N) is 1. The van der Waals surface area contributed by atoms with E-state index in [9.17, 15) is 4.79 Å². The molecule has 1 aliphatic rings. The number of hydrogen-bond acceptors (Lipinski definition) is 6. The molecule has 1 N–H and O–H groups in total. The minimum absolute atomic E-state index is 0.172. The van der Waals surface area contributed by atoms with Gasteiger partial charge in [-0.25, -0.2) is 9.97 Å². The molecule has 1 saturated heterocycles. The molecule has 0 spiro atoms. The van der Waals surface area contributed by atoms with Crippen molar-refractivity contribution in [2.24, 2.45) is 0 Å². The van der Waals surface area contributed by atoms with Gasteiger partial charge < -0.3 is 15.0 Å². The van der Waals surface area contributed by atoms with E-state index in [2.05, 4.69) is 52.2 Å². The van der Waals surface area contributed by atoms with Gasteiger partial charge in [0.15, 0.2) is 0 Å². The number of benzene rings is 1. The zero-order valence-corrected chi connectivity index (χ0v) is 17.5. The SMILES string of the molecule is Cc1ccc(-c2nc(C(=O)NCc3cccnc3N3CCOCC3)cs2)c(C)c1. The highest BCUT2D eigenvalue weighted by Gasteiger charge is 2.17. The monoisotopic (exact) mass is 408 g/mol. The number of thiazole rings is 1. The molecule has 3 aromatic rings. The lowest BCUT2D eigenvalue weighted by atomic mass is 10.1. The summed E-state index contributed by atoms with van der Waals surface area (Å²) in [5.74, 6) is 0.736. The van der Waals surface area contributed by atoms with Gasteiger partial charge in [0.25, 0.3) is 5.91 Å². The van der Waals surface area contributed by atoms with E-state index in [-0.39, 0.29) is 5.91 Å². The van der Waals surface area contributed by atoms with Gasteiger partial charge in [-0.3, -0.25) is 4.79 Å². The van der Waals surface area contributed by atoms with E-state index in [0.717, 1.165) is 40.6 Å². The fourth-order valence-corrected chi connectivity index (χ4v) is 4.34. The molecular weight excluding hydrogens is 384 g/mol. The predicted octanol–water partition coefficient (Wildman–Crippen LogP) is 3.59. The number of hydrogen-bond donors (Lipinski definition) is 1. The van der Waals surface area contributed by atoms with Crippen molar-refractivity contribution < 1.29 is 9.53 Å². The fraction of sp³-hybridized carbons (Fsp3) is 0.318. The van der Waals surface area contributed by atoms with Crippen LogP contribution in [0.15, 0.2) is 41.9 Å². The summed E-state index contributed by atoms with van der Waals surface area (Å²) in [5.41, 5.74) is 4.89. The van der Waals surface area contributed by atoms with Gasteiger partial charge in [-0.2, -0.15) is 0 Å². The summed E-state index contributed by atoms with van der Waals surface area (Å²) in [6, 6.07) is 10.2. The maximum absolute atomic E-state index is 12.7. The summed E-state index contributed by atoms with van der Waals surface area (Å²) in [7, 11) is 0. The van der Waals surface area contributed by atoms with Crippen LogP contribution in [0.4, 0.5) is 5.82 Å². The molecule has 150 valence electrons. The number of carbonyl (C=O) groups is 1. The first-order valence-corrected chi connectivity index (χ1v) is 10.6. The summed E-state index contributed by atoms with van der Waals surface area (Å²) in [6.45, 7) is 7.56. The number of aromatic nitrogens is 2. The van der Waals surface area contributed by atoms with Crippen LogP contribution in [0.3, 0.4) is 0 Å². The van der Waals surface area contributed by atoms with E-state index in [4.69, 9.17) is 4.74 Å². The van der Waals surface area contributed by atoms with Gasteiger partial charge in [-0.05, 0) is 25.5 Å². The zero-order valence-electron chi connectivity index (χ0n) is 16.6. The van der Waals surface area contributed by atoms with Gasteiger partial charge in [0.1, 0.15) is 16.5 Å². The Kier molecular flexibility index (Phi) is 5.87. The standard InChI is InChI=1S/C22H24N4O2S/c1-15-5-6-18(16(2)12-15)22-25-19(14-29-22)21(27)24-13-17-4-3-7-23-20(17)26-8-10-28-11-9-26/h3-7,12,14H,8-11,13H2,1-2H3,(H,24,27). The van der Waals surface area contributed by atoms with Gasteiger partial charge in [0.05, 0.1) is 13.2 Å². The molecule has 0 bridgehead atoms. The molecule has 29 heavy (non-hydrogen) atoms. The second-order valence-corrected chi connectivity index (χ2v) is 7.98. The van der Waals surface area contributed by atoms with E-state index in [1.165, 1.54) is 16.9 Å². The van der Waals surface area contributed by atoms with Gasteiger partial charge in [0, 0.05) is 42.3 Å². The average molecular weight is 409 g/mol. The molecule has 4 rings (SSSR count). The first-order chi connectivity index (χ1) is 14.1. The third-order valence-corrected chi connectivity index (χ3v) is 5.84. The van der Waals surface area contributed by atoms with Crippen LogP contribution < -0.4 is 10.2 Å². The Labute approximate surface area is 174 Å². The average Bonchev–Trinajstić information content (AvgIpc) is 3.23. The third-order valence-electron chi connectivity index (χ3n) is 4.97. The highest BCUT2D eigenvalue weighted by atomic mass is 32.1. The van der Waals surface area contributed by atoms with Crippen molar-refractivity contribution in [3.63, 3.8) is 0 Å². The van der Waals surface area contributed by atoms with Gasteiger partial charge in [0.2, 0.25) is 0 Å². The molecule has 0 atom stereocenters. The Morgan fingerprint density at radius 1 is 1.24 bits per heavy atom. The van der Waals surface area contributed by atoms with Crippen LogP contribution >= 0.6 is 11.3 Å². The van der Waals surface area contributed by atoms with Crippen molar-refractivity contribution in [3.05, 3.63) is 64.3 Å². The fourth-order valence-electron chi connectivity index (χ4n) is 3.45. The van der Waals surface area contributed by atoms with Crippen LogP contribution in [0, 0.1) is 13.8 Å². The smallest absolute Gasteiger partial charge is 0.271 e. The van der Waals surface area contributed by atoms with Crippen LogP contribution in [0.25, 0.3) is 10.6 Å². The molecule has 2 aromatic heterocycles. The number of morpholine rings is 1. The van der Waals surface area contributed by atoms with Crippen molar-refractivity contribution >= 4 is 23.1 Å². The minimum Gasteiger partial charge on any atom is -0.378 e. The number of rotatable bonds is 5. The third kappa shape index (κ3) is 4.46.